The number of halogens is 1. The van der Waals surface area contributed by atoms with Gasteiger partial charge in [-0.3, -0.25) is 9.10 Å². The van der Waals surface area contributed by atoms with Crippen LogP contribution in [0.15, 0.2) is 58.5 Å². The van der Waals surface area contributed by atoms with Gasteiger partial charge in [-0.25, -0.2) is 13.8 Å². The van der Waals surface area contributed by atoms with Crippen LogP contribution in [0.25, 0.3) is 0 Å². The molecule has 1 aliphatic rings. The van der Waals surface area contributed by atoms with Crippen LogP contribution < -0.4 is 9.73 Å². The molecule has 1 N–H and O–H groups in total. The van der Waals surface area contributed by atoms with Gasteiger partial charge < -0.3 is 0 Å². The van der Waals surface area contributed by atoms with Crippen LogP contribution in [-0.4, -0.2) is 26.6 Å². The van der Waals surface area contributed by atoms with Crippen molar-refractivity contribution in [3.63, 3.8) is 0 Å². The Morgan fingerprint density at radius 1 is 1.03 bits per heavy atom. The highest BCUT2D eigenvalue weighted by atomic mass is 35.5. The molecule has 1 fully saturated rings. The number of hydrogen-bond acceptors (Lipinski definition) is 4. The van der Waals surface area contributed by atoms with Gasteiger partial charge in [0, 0.05) is 10.7 Å². The van der Waals surface area contributed by atoms with E-state index in [4.69, 9.17) is 11.6 Å². The number of carbonyl (C=O) groups excluding carboxylic acids is 1. The number of sulfonamides is 1. The molecule has 154 valence electrons. The minimum absolute atomic E-state index is 0.0638. The van der Waals surface area contributed by atoms with Gasteiger partial charge in [0.05, 0.1) is 10.6 Å². The van der Waals surface area contributed by atoms with E-state index in [1.807, 2.05) is 6.92 Å². The lowest BCUT2D eigenvalue weighted by Gasteiger charge is -2.24. The molecule has 0 aliphatic heterocycles. The SMILES string of the molecule is Cc1ccc(N(CC(=O)NN=C2CCCCC2)S(=O)(=O)c2ccc(Cl)cc2)cc1. The van der Waals surface area contributed by atoms with Crippen LogP contribution in [0.3, 0.4) is 0 Å². The number of nitrogens with one attached hydrogen (secondary N) is 1. The Labute approximate surface area is 176 Å². The topological polar surface area (TPSA) is 78.8 Å². The minimum Gasteiger partial charge on any atom is -0.271 e. The summed E-state index contributed by atoms with van der Waals surface area (Å²) in [5.41, 5.74) is 4.87. The van der Waals surface area contributed by atoms with Gasteiger partial charge in [0.25, 0.3) is 15.9 Å². The van der Waals surface area contributed by atoms with Crippen molar-refractivity contribution in [2.75, 3.05) is 10.8 Å². The smallest absolute Gasteiger partial charge is 0.264 e. The van der Waals surface area contributed by atoms with Gasteiger partial charge in [0.15, 0.2) is 0 Å². The van der Waals surface area contributed by atoms with Crippen molar-refractivity contribution in [3.8, 4) is 0 Å². The number of hydrogen-bond donors (Lipinski definition) is 1. The number of carbonyl (C=O) groups is 1. The second kappa shape index (κ2) is 9.41. The average molecular weight is 434 g/mol. The predicted molar refractivity (Wildman–Crippen MR) is 116 cm³/mol. The Bertz CT molecular complexity index is 979. The van der Waals surface area contributed by atoms with Crippen molar-refractivity contribution >= 4 is 38.9 Å². The monoisotopic (exact) mass is 433 g/mol. The molecule has 0 spiro atoms. The highest BCUT2D eigenvalue weighted by Gasteiger charge is 2.27. The molecule has 0 bridgehead atoms. The predicted octanol–water partition coefficient (Wildman–Crippen LogP) is 4.28. The zero-order valence-electron chi connectivity index (χ0n) is 16.3. The summed E-state index contributed by atoms with van der Waals surface area (Å²) < 4.78 is 27.6. The Balaban J connectivity index is 1.85. The zero-order chi connectivity index (χ0) is 20.9. The van der Waals surface area contributed by atoms with Crippen molar-refractivity contribution in [2.24, 2.45) is 5.10 Å². The van der Waals surface area contributed by atoms with Crippen molar-refractivity contribution in [1.29, 1.82) is 0 Å². The van der Waals surface area contributed by atoms with Crippen molar-refractivity contribution in [3.05, 3.63) is 59.1 Å². The molecular formula is C21H24ClN3O3S. The minimum atomic E-state index is -3.96. The molecule has 29 heavy (non-hydrogen) atoms. The average Bonchev–Trinajstić information content (AvgIpc) is 2.72. The molecule has 0 heterocycles. The summed E-state index contributed by atoms with van der Waals surface area (Å²) in [6, 6.07) is 12.9. The third kappa shape index (κ3) is 5.58. The van der Waals surface area contributed by atoms with E-state index in [-0.39, 0.29) is 11.4 Å². The molecule has 0 atom stereocenters. The molecule has 0 radical (unpaired) electrons. The van der Waals surface area contributed by atoms with Gasteiger partial charge in [-0.2, -0.15) is 5.10 Å². The second-order valence-electron chi connectivity index (χ2n) is 7.07. The number of anilines is 1. The lowest BCUT2D eigenvalue weighted by Crippen LogP contribution is -2.39. The largest absolute Gasteiger partial charge is 0.271 e. The Kier molecular flexibility index (Phi) is 6.92. The van der Waals surface area contributed by atoms with Crippen LogP contribution in [-0.2, 0) is 14.8 Å². The van der Waals surface area contributed by atoms with Crippen LogP contribution in [0.2, 0.25) is 5.02 Å². The first kappa shape index (κ1) is 21.3. The molecule has 8 heteroatoms. The molecule has 2 aromatic carbocycles. The molecule has 0 saturated heterocycles. The lowest BCUT2D eigenvalue weighted by molar-refractivity contribution is -0.119. The molecule has 1 saturated carbocycles. The maximum Gasteiger partial charge on any atom is 0.264 e. The zero-order valence-corrected chi connectivity index (χ0v) is 17.8. The summed E-state index contributed by atoms with van der Waals surface area (Å²) >= 11 is 5.89. The summed E-state index contributed by atoms with van der Waals surface area (Å²) in [5, 5.41) is 4.63. The lowest BCUT2D eigenvalue weighted by atomic mass is 9.99. The molecule has 0 aromatic heterocycles. The van der Waals surface area contributed by atoms with E-state index < -0.39 is 15.9 Å². The van der Waals surface area contributed by atoms with E-state index >= 15 is 0 Å². The molecule has 1 amide bonds. The van der Waals surface area contributed by atoms with Crippen molar-refractivity contribution in [1.82, 2.24) is 5.43 Å². The molecule has 3 rings (SSSR count). The number of aryl methyl sites for hydroxylation is 1. The molecule has 1 aliphatic carbocycles. The fraction of sp³-hybridized carbons (Fsp3) is 0.333. The number of hydrazone groups is 1. The molecule has 6 nitrogen and oxygen atoms in total. The van der Waals surface area contributed by atoms with Crippen molar-refractivity contribution < 1.29 is 13.2 Å². The first-order valence-electron chi connectivity index (χ1n) is 9.55. The summed E-state index contributed by atoms with van der Waals surface area (Å²) in [6.45, 7) is 1.54. The van der Waals surface area contributed by atoms with E-state index in [1.54, 1.807) is 24.3 Å². The first-order valence-corrected chi connectivity index (χ1v) is 11.4. The second-order valence-corrected chi connectivity index (χ2v) is 9.37. The highest BCUT2D eigenvalue weighted by molar-refractivity contribution is 7.92. The fourth-order valence-corrected chi connectivity index (χ4v) is 4.69. The normalized spacial score (nSPS) is 14.3. The number of rotatable bonds is 6. The van der Waals surface area contributed by atoms with Crippen LogP contribution in [0, 0.1) is 6.92 Å². The third-order valence-electron chi connectivity index (χ3n) is 4.78. The fourth-order valence-electron chi connectivity index (χ4n) is 3.14. The Morgan fingerprint density at radius 3 is 2.28 bits per heavy atom. The van der Waals surface area contributed by atoms with Crippen molar-refractivity contribution in [2.45, 2.75) is 43.9 Å². The maximum absolute atomic E-state index is 13.2. The summed E-state index contributed by atoms with van der Waals surface area (Å²) in [4.78, 5) is 12.6. The van der Waals surface area contributed by atoms with Gasteiger partial charge in [-0.15, -0.1) is 0 Å². The van der Waals surface area contributed by atoms with Gasteiger partial charge in [-0.1, -0.05) is 35.7 Å². The van der Waals surface area contributed by atoms with Crippen LogP contribution >= 0.6 is 11.6 Å². The van der Waals surface area contributed by atoms with Crippen LogP contribution in [0.1, 0.15) is 37.7 Å². The molecule has 2 aromatic rings. The van der Waals surface area contributed by atoms with Gasteiger partial charge in [0.1, 0.15) is 6.54 Å². The molecule has 0 unspecified atom stereocenters. The number of nitrogens with zero attached hydrogens (tertiary/aromatic N) is 2. The summed E-state index contributed by atoms with van der Waals surface area (Å²) in [6.07, 6.45) is 5.04. The Morgan fingerprint density at radius 2 is 1.66 bits per heavy atom. The molecular weight excluding hydrogens is 410 g/mol. The van der Waals surface area contributed by atoms with Gasteiger partial charge in [0.2, 0.25) is 0 Å². The summed E-state index contributed by atoms with van der Waals surface area (Å²) in [7, 11) is -3.96. The summed E-state index contributed by atoms with van der Waals surface area (Å²) in [5.74, 6) is -0.485. The number of benzene rings is 2. The van der Waals surface area contributed by atoms with Gasteiger partial charge in [-0.05, 0) is 69.0 Å². The van der Waals surface area contributed by atoms with Gasteiger partial charge >= 0.3 is 0 Å². The highest BCUT2D eigenvalue weighted by Crippen LogP contribution is 2.25. The first-order chi connectivity index (χ1) is 13.9. The Hall–Kier alpha value is -2.38. The third-order valence-corrected chi connectivity index (χ3v) is 6.82. The van der Waals surface area contributed by atoms with E-state index in [0.29, 0.717) is 10.7 Å². The van der Waals surface area contributed by atoms with Crippen LogP contribution in [0.4, 0.5) is 5.69 Å². The van der Waals surface area contributed by atoms with E-state index in [1.165, 1.54) is 30.7 Å². The van der Waals surface area contributed by atoms with E-state index in [2.05, 4.69) is 10.5 Å². The van der Waals surface area contributed by atoms with E-state index in [0.717, 1.165) is 41.3 Å². The quantitative estimate of drug-likeness (QED) is 0.690. The number of amides is 1. The standard InChI is InChI=1S/C21H24ClN3O3S/c1-16-7-11-19(12-8-16)25(29(27,28)20-13-9-17(22)10-14-20)15-21(26)24-23-18-5-3-2-4-6-18/h7-14H,2-6,15H2,1H3,(H,24,26). The van der Waals surface area contributed by atoms with Crippen LogP contribution in [0.5, 0.6) is 0 Å². The van der Waals surface area contributed by atoms with E-state index in [9.17, 15) is 13.2 Å². The maximum atomic E-state index is 13.2.